The SMILES string of the molecule is CC(C)(C)c1cc(C=N[C@H](c2ccccc2)[C@H](N=Cc2cc(C(C)(C)C)cc(COc3ccc4ccc5cccc6ccc3c4c56)c2[O-])c2ccccc2)c([O-])c(COc2ccc3ccc4cccc5ccc2c3c45)c1.[O-2].[O-2].[U]. The van der Waals surface area contributed by atoms with Crippen LogP contribution in [0.15, 0.2) is 204 Å². The van der Waals surface area contributed by atoms with Crippen LogP contribution in [-0.2, 0) is 35.0 Å². The summed E-state index contributed by atoms with van der Waals surface area (Å²) >= 11 is 0. The minimum Gasteiger partial charge on any atom is -2.00 e. The molecule has 0 saturated carbocycles. The van der Waals surface area contributed by atoms with Crippen molar-refractivity contribution >= 4 is 77.1 Å². The van der Waals surface area contributed by atoms with Crippen LogP contribution in [0.2, 0.25) is 0 Å². The molecule has 79 heavy (non-hydrogen) atoms. The summed E-state index contributed by atoms with van der Waals surface area (Å²) in [6, 6.07) is 65.0. The first-order valence-electron chi connectivity index (χ1n) is 26.2. The second kappa shape index (κ2) is 22.5. The Morgan fingerprint density at radius 2 is 0.734 bits per heavy atom. The van der Waals surface area contributed by atoms with Crippen molar-refractivity contribution in [2.75, 3.05) is 0 Å². The molecule has 0 radical (unpaired) electrons. The van der Waals surface area contributed by atoms with E-state index in [0.29, 0.717) is 22.3 Å². The number of benzene rings is 12. The maximum absolute atomic E-state index is 14.7. The summed E-state index contributed by atoms with van der Waals surface area (Å²) in [6.07, 6.45) is 3.43. The first-order chi connectivity index (χ1) is 36.8. The molecular weight excluding hydrogens is 1200 g/mol. The van der Waals surface area contributed by atoms with Gasteiger partial charge in [0, 0.05) is 65.1 Å². The molecule has 0 aromatic heterocycles. The van der Waals surface area contributed by atoms with Gasteiger partial charge in [0.1, 0.15) is 36.8 Å². The molecular formula is C70H58N2O6U-6. The largest absolute Gasteiger partial charge is 2.00 e. The van der Waals surface area contributed by atoms with Crippen molar-refractivity contribution in [2.24, 2.45) is 9.98 Å². The Hall–Kier alpha value is -7.77. The maximum atomic E-state index is 14.7. The number of ether oxygens (including phenoxy) is 2. The quantitative estimate of drug-likeness (QED) is 0.0835. The molecule has 0 N–H and O–H groups in total. The molecule has 0 spiro atoms. The van der Waals surface area contributed by atoms with Gasteiger partial charge in [-0.25, -0.2) is 0 Å². The Bertz CT molecular complexity index is 3880. The third-order valence-electron chi connectivity index (χ3n) is 15.2. The van der Waals surface area contributed by atoms with Gasteiger partial charge in [0.15, 0.2) is 0 Å². The van der Waals surface area contributed by atoms with Gasteiger partial charge in [-0.1, -0.05) is 223 Å². The van der Waals surface area contributed by atoms with Gasteiger partial charge in [-0.15, -0.1) is 0 Å². The zero-order valence-corrected chi connectivity index (χ0v) is 49.2. The van der Waals surface area contributed by atoms with Crippen LogP contribution in [0, 0.1) is 31.1 Å². The van der Waals surface area contributed by atoms with Crippen LogP contribution in [0.3, 0.4) is 0 Å². The van der Waals surface area contributed by atoms with Crippen LogP contribution in [0.25, 0.3) is 64.6 Å². The Kier molecular flexibility index (Phi) is 16.0. The Morgan fingerprint density at radius 1 is 0.405 bits per heavy atom. The van der Waals surface area contributed by atoms with Crippen molar-refractivity contribution in [1.29, 1.82) is 0 Å². The molecule has 9 heteroatoms. The first kappa shape index (κ1) is 56.0. The van der Waals surface area contributed by atoms with E-state index >= 15 is 0 Å². The number of hydrogen-bond donors (Lipinski definition) is 0. The molecule has 0 bridgehead atoms. The van der Waals surface area contributed by atoms with Gasteiger partial charge in [-0.2, -0.15) is 0 Å². The van der Waals surface area contributed by atoms with E-state index in [0.717, 1.165) is 66.1 Å². The van der Waals surface area contributed by atoms with Gasteiger partial charge >= 0.3 is 0 Å². The van der Waals surface area contributed by atoms with Crippen molar-refractivity contribution in [2.45, 2.75) is 77.7 Å². The van der Waals surface area contributed by atoms with Crippen LogP contribution >= 0.6 is 0 Å². The third-order valence-corrected chi connectivity index (χ3v) is 15.2. The molecule has 2 atom stereocenters. The molecule has 12 rings (SSSR count). The summed E-state index contributed by atoms with van der Waals surface area (Å²) in [5.41, 5.74) is 5.29. The van der Waals surface area contributed by atoms with E-state index in [9.17, 15) is 10.2 Å². The molecule has 0 heterocycles. The Labute approximate surface area is 484 Å². The van der Waals surface area contributed by atoms with Crippen LogP contribution in [0.4, 0.5) is 0 Å². The molecule has 0 saturated heterocycles. The van der Waals surface area contributed by atoms with Crippen LogP contribution in [0.1, 0.15) is 98.1 Å². The van der Waals surface area contributed by atoms with E-state index in [-0.39, 0.29) is 77.6 Å². The Morgan fingerprint density at radius 3 is 1.09 bits per heavy atom. The van der Waals surface area contributed by atoms with Crippen molar-refractivity contribution in [3.63, 3.8) is 0 Å². The molecule has 12 aromatic carbocycles. The monoisotopic (exact) mass is 1260 g/mol. The summed E-state index contributed by atoms with van der Waals surface area (Å²) in [5, 5.41) is 43.3. The average Bonchev–Trinajstić information content (AvgIpc) is 3.63. The fourth-order valence-corrected chi connectivity index (χ4v) is 11.0. The normalized spacial score (nSPS) is 12.9. The van der Waals surface area contributed by atoms with Crippen molar-refractivity contribution < 1.29 is 61.8 Å². The van der Waals surface area contributed by atoms with Crippen LogP contribution < -0.4 is 19.7 Å². The molecule has 0 aliphatic heterocycles. The van der Waals surface area contributed by atoms with Gasteiger partial charge < -0.3 is 30.6 Å². The first-order valence-corrected chi connectivity index (χ1v) is 26.2. The van der Waals surface area contributed by atoms with E-state index in [2.05, 4.69) is 139 Å². The van der Waals surface area contributed by atoms with E-state index in [4.69, 9.17) is 19.5 Å². The van der Waals surface area contributed by atoms with Gasteiger partial charge in [0.2, 0.25) is 0 Å². The predicted molar refractivity (Wildman–Crippen MR) is 313 cm³/mol. The third kappa shape index (κ3) is 10.8. The van der Waals surface area contributed by atoms with Gasteiger partial charge in [-0.3, -0.25) is 9.98 Å². The molecule has 0 aliphatic rings. The second-order valence-corrected chi connectivity index (χ2v) is 22.3. The smallest absolute Gasteiger partial charge is 0.127 e. The Balaban J connectivity index is 0.00000252. The summed E-state index contributed by atoms with van der Waals surface area (Å²) in [7, 11) is 0. The van der Waals surface area contributed by atoms with Crippen molar-refractivity contribution in [1.82, 2.24) is 0 Å². The fourth-order valence-electron chi connectivity index (χ4n) is 11.0. The molecule has 0 amide bonds. The minimum absolute atomic E-state index is 0. The van der Waals surface area contributed by atoms with Crippen molar-refractivity contribution in [3.05, 3.63) is 239 Å². The molecule has 0 aliphatic carbocycles. The molecule has 394 valence electrons. The predicted octanol–water partition coefficient (Wildman–Crippen LogP) is 16.2. The van der Waals surface area contributed by atoms with Gasteiger partial charge in [0.05, 0.1) is 0 Å². The average molecular weight is 1260 g/mol. The molecule has 0 unspecified atom stereocenters. The van der Waals surface area contributed by atoms with E-state index in [1.807, 2.05) is 97.1 Å². The number of rotatable bonds is 13. The maximum Gasteiger partial charge on any atom is 0.127 e. The van der Waals surface area contributed by atoms with Crippen LogP contribution in [0.5, 0.6) is 23.0 Å². The van der Waals surface area contributed by atoms with Crippen molar-refractivity contribution in [3.8, 4) is 23.0 Å². The summed E-state index contributed by atoms with van der Waals surface area (Å²) in [6.45, 7) is 13.1. The number of aliphatic imine (C=N–C) groups is 2. The van der Waals surface area contributed by atoms with Gasteiger partial charge in [0.25, 0.3) is 0 Å². The van der Waals surface area contributed by atoms with Gasteiger partial charge in [-0.05, 0) is 123 Å². The van der Waals surface area contributed by atoms with Crippen LogP contribution in [-0.4, -0.2) is 12.4 Å². The minimum atomic E-state index is -0.576. The van der Waals surface area contributed by atoms with E-state index in [1.165, 1.54) is 32.3 Å². The standard InChI is InChI=1S/C70H60N2O4.2O.U/c1-69(2,3)55-35-51(67(73)53(37-55)41-75-59-33-29-47-25-23-43-19-13-21-45-27-31-57(59)63(47)61(43)45)39-71-65(49-15-9-7-10-16-49)66(50-17-11-8-12-18-50)72-40-52-36-56(70(4,5)6)38-54(68(52)74)42-76-60-34-30-48-26-24-44-20-14-22-46-28-32-58(60)64(48)62(44)46;;;/h7-40,65-66,73-74H,41-42H2,1-6H3;;;/q;2*-2;/p-2/t65-,66-;;;/m1.../s1. The topological polar surface area (TPSA) is 146 Å². The number of nitrogens with zero attached hydrogens (tertiary/aromatic N) is 2. The van der Waals surface area contributed by atoms with E-state index in [1.54, 1.807) is 12.4 Å². The summed E-state index contributed by atoms with van der Waals surface area (Å²) in [5.74, 6) is 1.17. The molecule has 12 aromatic rings. The number of hydrogen-bond acceptors (Lipinski definition) is 6. The second-order valence-electron chi connectivity index (χ2n) is 22.3. The van der Waals surface area contributed by atoms with E-state index < -0.39 is 12.1 Å². The fraction of sp³-hybridized carbons (Fsp3) is 0.171. The summed E-state index contributed by atoms with van der Waals surface area (Å²) < 4.78 is 13.3. The molecule has 0 fully saturated rings. The zero-order valence-electron chi connectivity index (χ0n) is 45.0. The molecule has 8 nitrogen and oxygen atoms in total. The zero-order chi connectivity index (χ0) is 52.3. The summed E-state index contributed by atoms with van der Waals surface area (Å²) in [4.78, 5) is 10.6.